The van der Waals surface area contributed by atoms with Crippen LogP contribution in [0.25, 0.3) is 0 Å². The van der Waals surface area contributed by atoms with Gasteiger partial charge in [-0.1, -0.05) is 30.0 Å². The van der Waals surface area contributed by atoms with Crippen molar-refractivity contribution >= 4 is 35.2 Å². The van der Waals surface area contributed by atoms with Gasteiger partial charge in [-0.15, -0.1) is 0 Å². The van der Waals surface area contributed by atoms with Crippen molar-refractivity contribution in [3.8, 4) is 6.07 Å². The standard InChI is InChI=1S/C17H16N4O6S/c1-2-27-17(24)14-13(9-5-3-4-6-11(9)21(25)26)10(7-18)16(20-15(14)23)28-8-12(19)22/h3-6,13-14H,2,8H2,1H3,(H2,19,22)(H,20,23)/t13-,14-/m1/s1. The lowest BCUT2D eigenvalue weighted by Gasteiger charge is -2.30. The number of nitro benzene ring substituents is 1. The Bertz CT molecular complexity index is 907. The summed E-state index contributed by atoms with van der Waals surface area (Å²) in [6.45, 7) is 1.54. The van der Waals surface area contributed by atoms with Gasteiger partial charge in [0, 0.05) is 11.6 Å². The highest BCUT2D eigenvalue weighted by atomic mass is 32.2. The number of rotatable bonds is 7. The van der Waals surface area contributed by atoms with E-state index in [2.05, 4.69) is 5.32 Å². The monoisotopic (exact) mass is 404 g/mol. The number of carbonyl (C=O) groups excluding carboxylic acids is 3. The van der Waals surface area contributed by atoms with E-state index in [0.29, 0.717) is 0 Å². The number of thioether (sulfide) groups is 1. The molecule has 1 aromatic carbocycles. The molecule has 0 aromatic heterocycles. The molecule has 0 saturated carbocycles. The Morgan fingerprint density at radius 1 is 1.43 bits per heavy atom. The van der Waals surface area contributed by atoms with Crippen LogP contribution < -0.4 is 11.1 Å². The number of nitrogens with two attached hydrogens (primary N) is 1. The second-order valence-electron chi connectivity index (χ2n) is 5.62. The number of nitro groups is 1. The number of hydrogen-bond donors (Lipinski definition) is 2. The predicted molar refractivity (Wildman–Crippen MR) is 98.4 cm³/mol. The van der Waals surface area contributed by atoms with Crippen molar-refractivity contribution < 1.29 is 24.0 Å². The summed E-state index contributed by atoms with van der Waals surface area (Å²) < 4.78 is 4.95. The van der Waals surface area contributed by atoms with Crippen LogP contribution in [0, 0.1) is 27.4 Å². The molecule has 0 unspecified atom stereocenters. The van der Waals surface area contributed by atoms with Crippen LogP contribution in [0.2, 0.25) is 0 Å². The molecule has 1 aromatic rings. The van der Waals surface area contributed by atoms with Crippen LogP contribution in [0.4, 0.5) is 5.69 Å². The van der Waals surface area contributed by atoms with Gasteiger partial charge in [0.15, 0.2) is 0 Å². The quantitative estimate of drug-likeness (QED) is 0.293. The van der Waals surface area contributed by atoms with E-state index in [4.69, 9.17) is 10.5 Å². The SMILES string of the molecule is CCOC(=O)[C@H]1C(=O)NC(SCC(N)=O)=C(C#N)[C@H]1c1ccccc1[N+](=O)[O-]. The van der Waals surface area contributed by atoms with Crippen molar-refractivity contribution in [2.45, 2.75) is 12.8 Å². The number of amides is 2. The van der Waals surface area contributed by atoms with Crippen molar-refractivity contribution in [3.05, 3.63) is 50.5 Å². The largest absolute Gasteiger partial charge is 0.465 e. The van der Waals surface area contributed by atoms with Crippen molar-refractivity contribution in [1.29, 1.82) is 5.26 Å². The normalized spacial score (nSPS) is 18.8. The van der Waals surface area contributed by atoms with Crippen LogP contribution >= 0.6 is 11.8 Å². The van der Waals surface area contributed by atoms with E-state index in [-0.39, 0.29) is 34.2 Å². The molecule has 2 amide bonds. The summed E-state index contributed by atoms with van der Waals surface area (Å²) in [5, 5.41) is 23.6. The Hall–Kier alpha value is -3.39. The lowest BCUT2D eigenvalue weighted by molar-refractivity contribution is -0.385. The van der Waals surface area contributed by atoms with E-state index in [0.717, 1.165) is 11.8 Å². The Morgan fingerprint density at radius 3 is 2.68 bits per heavy atom. The van der Waals surface area contributed by atoms with Crippen LogP contribution in [0.15, 0.2) is 34.9 Å². The molecule has 1 aliphatic heterocycles. The minimum absolute atomic E-state index is 0.0128. The molecule has 146 valence electrons. The third kappa shape index (κ3) is 4.29. The number of para-hydroxylation sites is 1. The van der Waals surface area contributed by atoms with Crippen molar-refractivity contribution in [1.82, 2.24) is 5.32 Å². The summed E-state index contributed by atoms with van der Waals surface area (Å²) >= 11 is 0.810. The zero-order valence-corrected chi connectivity index (χ0v) is 15.5. The van der Waals surface area contributed by atoms with Crippen molar-refractivity contribution in [2.75, 3.05) is 12.4 Å². The maximum absolute atomic E-state index is 12.6. The van der Waals surface area contributed by atoms with Gasteiger partial charge in [-0.05, 0) is 6.92 Å². The summed E-state index contributed by atoms with van der Waals surface area (Å²) in [5.41, 5.74) is 4.71. The third-order valence-electron chi connectivity index (χ3n) is 3.90. The first-order chi connectivity index (χ1) is 13.3. The van der Waals surface area contributed by atoms with Crippen LogP contribution in [-0.4, -0.2) is 35.1 Å². The Labute approximate surface area is 163 Å². The molecule has 2 atom stereocenters. The van der Waals surface area contributed by atoms with Crippen LogP contribution in [-0.2, 0) is 19.1 Å². The van der Waals surface area contributed by atoms with Gasteiger partial charge in [0.25, 0.3) is 5.69 Å². The van der Waals surface area contributed by atoms with Gasteiger partial charge in [0.2, 0.25) is 11.8 Å². The summed E-state index contributed by atoms with van der Waals surface area (Å²) in [4.78, 5) is 47.0. The molecule has 3 N–H and O–H groups in total. The van der Waals surface area contributed by atoms with Crippen molar-refractivity contribution in [3.63, 3.8) is 0 Å². The van der Waals surface area contributed by atoms with E-state index in [1.807, 2.05) is 6.07 Å². The number of carbonyl (C=O) groups is 3. The van der Waals surface area contributed by atoms with Crippen LogP contribution in [0.3, 0.4) is 0 Å². The number of nitrogens with one attached hydrogen (secondary N) is 1. The molecule has 0 radical (unpaired) electrons. The number of allylic oxidation sites excluding steroid dienone is 1. The highest BCUT2D eigenvalue weighted by Gasteiger charge is 2.46. The maximum atomic E-state index is 12.6. The minimum atomic E-state index is -1.49. The maximum Gasteiger partial charge on any atom is 0.319 e. The zero-order valence-electron chi connectivity index (χ0n) is 14.7. The molecule has 0 bridgehead atoms. The molecule has 28 heavy (non-hydrogen) atoms. The van der Waals surface area contributed by atoms with E-state index in [1.165, 1.54) is 24.3 Å². The van der Waals surface area contributed by atoms with E-state index in [1.54, 1.807) is 6.92 Å². The molecular formula is C17H16N4O6S. The van der Waals surface area contributed by atoms with E-state index in [9.17, 15) is 29.8 Å². The first-order valence-corrected chi connectivity index (χ1v) is 9.06. The molecule has 0 fully saturated rings. The molecule has 2 rings (SSSR count). The van der Waals surface area contributed by atoms with E-state index < -0.39 is 34.5 Å². The Kier molecular flexibility index (Phi) is 6.73. The number of nitriles is 1. The molecule has 0 spiro atoms. The third-order valence-corrected chi connectivity index (χ3v) is 4.94. The van der Waals surface area contributed by atoms with Gasteiger partial charge in [0.1, 0.15) is 5.92 Å². The molecule has 0 saturated heterocycles. The van der Waals surface area contributed by atoms with Gasteiger partial charge in [-0.2, -0.15) is 5.26 Å². The summed E-state index contributed by atoms with van der Waals surface area (Å²) in [6, 6.07) is 7.43. The second-order valence-corrected chi connectivity index (χ2v) is 6.61. The molecule has 1 heterocycles. The van der Waals surface area contributed by atoms with Crippen LogP contribution in [0.5, 0.6) is 0 Å². The fraction of sp³-hybridized carbons (Fsp3) is 0.294. The van der Waals surface area contributed by atoms with Gasteiger partial charge in [0.05, 0.1) is 39.9 Å². The summed E-state index contributed by atoms with van der Waals surface area (Å²) in [7, 11) is 0. The Morgan fingerprint density at radius 2 is 2.11 bits per heavy atom. The first-order valence-electron chi connectivity index (χ1n) is 8.08. The number of benzene rings is 1. The lowest BCUT2D eigenvalue weighted by Crippen LogP contribution is -2.44. The number of hydrogen-bond acceptors (Lipinski definition) is 8. The van der Waals surface area contributed by atoms with E-state index >= 15 is 0 Å². The predicted octanol–water partition coefficient (Wildman–Crippen LogP) is 0.941. The topological polar surface area (TPSA) is 165 Å². The molecule has 0 aliphatic carbocycles. The molecule has 11 heteroatoms. The number of nitrogens with zero attached hydrogens (tertiary/aromatic N) is 2. The fourth-order valence-corrected chi connectivity index (χ4v) is 3.61. The molecule has 1 aliphatic rings. The van der Waals surface area contributed by atoms with Gasteiger partial charge in [-0.25, -0.2) is 0 Å². The van der Waals surface area contributed by atoms with Gasteiger partial charge >= 0.3 is 5.97 Å². The Balaban J connectivity index is 2.69. The summed E-state index contributed by atoms with van der Waals surface area (Å²) in [5.74, 6) is -5.33. The smallest absolute Gasteiger partial charge is 0.319 e. The lowest BCUT2D eigenvalue weighted by atomic mass is 9.78. The fourth-order valence-electron chi connectivity index (χ4n) is 2.82. The highest BCUT2D eigenvalue weighted by molar-refractivity contribution is 8.03. The number of primary amides is 1. The molecular weight excluding hydrogens is 388 g/mol. The van der Waals surface area contributed by atoms with Gasteiger partial charge in [-0.3, -0.25) is 24.5 Å². The average Bonchev–Trinajstić information content (AvgIpc) is 2.65. The second kappa shape index (κ2) is 9.01. The number of ether oxygens (including phenoxy) is 1. The minimum Gasteiger partial charge on any atom is -0.465 e. The van der Waals surface area contributed by atoms with Crippen molar-refractivity contribution in [2.24, 2.45) is 11.7 Å². The first kappa shape index (κ1) is 20.9. The van der Waals surface area contributed by atoms with Gasteiger partial charge < -0.3 is 15.8 Å². The average molecular weight is 404 g/mol. The van der Waals surface area contributed by atoms with Crippen LogP contribution in [0.1, 0.15) is 18.4 Å². The zero-order chi connectivity index (χ0) is 20.8. The highest BCUT2D eigenvalue weighted by Crippen LogP contribution is 2.43. The molecule has 10 nitrogen and oxygen atoms in total. The summed E-state index contributed by atoms with van der Waals surface area (Å²) in [6.07, 6.45) is 0. The number of esters is 1.